The minimum absolute atomic E-state index is 0.0199. The Morgan fingerprint density at radius 2 is 2.45 bits per heavy atom. The summed E-state index contributed by atoms with van der Waals surface area (Å²) in [4.78, 5) is 15.7. The monoisotopic (exact) mass is 157 g/mol. The molecule has 1 heterocycles. The number of hydroxylamine groups is 1. The first kappa shape index (κ1) is 8.53. The van der Waals surface area contributed by atoms with Crippen LogP contribution in [-0.2, 0) is 9.63 Å². The molecule has 0 bridgehead atoms. The maximum Gasteiger partial charge on any atom is 0.246 e. The summed E-state index contributed by atoms with van der Waals surface area (Å²) in [6.07, 6.45) is 5.29. The summed E-state index contributed by atoms with van der Waals surface area (Å²) in [5.41, 5.74) is 2.36. The average Bonchev–Trinajstić information content (AvgIpc) is 2.37. The van der Waals surface area contributed by atoms with E-state index in [1.165, 1.54) is 12.8 Å². The van der Waals surface area contributed by atoms with Crippen LogP contribution in [0.1, 0.15) is 39.0 Å². The Kier molecular flexibility index (Phi) is 3.36. The van der Waals surface area contributed by atoms with Crippen molar-refractivity contribution in [1.82, 2.24) is 5.48 Å². The van der Waals surface area contributed by atoms with Crippen molar-refractivity contribution in [2.24, 2.45) is 0 Å². The van der Waals surface area contributed by atoms with Crippen LogP contribution < -0.4 is 5.48 Å². The predicted octanol–water partition coefficient (Wildman–Crippen LogP) is 1.39. The molecular weight excluding hydrogens is 142 g/mol. The molecule has 0 radical (unpaired) electrons. The molecule has 1 N–H and O–H groups in total. The fraction of sp³-hybridized carbons (Fsp3) is 0.875. The van der Waals surface area contributed by atoms with Gasteiger partial charge in [0.05, 0.1) is 12.5 Å². The van der Waals surface area contributed by atoms with E-state index in [9.17, 15) is 4.79 Å². The molecule has 0 saturated carbocycles. The third kappa shape index (κ3) is 2.89. The van der Waals surface area contributed by atoms with Crippen LogP contribution in [0.4, 0.5) is 0 Å². The van der Waals surface area contributed by atoms with Crippen LogP contribution in [0.5, 0.6) is 0 Å². The highest BCUT2D eigenvalue weighted by Gasteiger charge is 2.21. The summed E-state index contributed by atoms with van der Waals surface area (Å²) in [5, 5.41) is 0. The van der Waals surface area contributed by atoms with Crippen molar-refractivity contribution in [3.63, 3.8) is 0 Å². The Balaban J connectivity index is 2.04. The van der Waals surface area contributed by atoms with E-state index in [4.69, 9.17) is 4.84 Å². The van der Waals surface area contributed by atoms with Crippen LogP contribution in [0, 0.1) is 0 Å². The highest BCUT2D eigenvalue weighted by Crippen LogP contribution is 2.12. The first-order valence-corrected chi connectivity index (χ1v) is 4.27. The third-order valence-corrected chi connectivity index (χ3v) is 1.88. The van der Waals surface area contributed by atoms with Crippen molar-refractivity contribution in [2.75, 3.05) is 0 Å². The van der Waals surface area contributed by atoms with Crippen LogP contribution >= 0.6 is 0 Å². The molecule has 0 aromatic rings. The number of nitrogens with one attached hydrogen (secondary N) is 1. The van der Waals surface area contributed by atoms with Gasteiger partial charge >= 0.3 is 0 Å². The van der Waals surface area contributed by atoms with Crippen molar-refractivity contribution in [2.45, 2.75) is 45.1 Å². The Morgan fingerprint density at radius 1 is 1.64 bits per heavy atom. The summed E-state index contributed by atoms with van der Waals surface area (Å²) in [6.45, 7) is 2.17. The number of unbranched alkanes of at least 4 members (excludes halogenated alkanes) is 2. The lowest BCUT2D eigenvalue weighted by atomic mass is 10.1. The molecule has 0 aromatic heterocycles. The summed E-state index contributed by atoms with van der Waals surface area (Å²) in [7, 11) is 0. The molecule has 1 fully saturated rings. The molecule has 1 atom stereocenters. The molecule has 3 nitrogen and oxygen atoms in total. The molecule has 1 rings (SSSR count). The largest absolute Gasteiger partial charge is 0.273 e. The molecule has 1 aliphatic heterocycles. The van der Waals surface area contributed by atoms with Gasteiger partial charge in [0.25, 0.3) is 0 Å². The number of carbonyl (C=O) groups is 1. The zero-order valence-corrected chi connectivity index (χ0v) is 6.93. The Labute approximate surface area is 67.1 Å². The normalized spacial score (nSPS) is 23.7. The SMILES string of the molecule is CCCCCC1CC(=O)NO1. The second-order valence-electron chi connectivity index (χ2n) is 2.97. The van der Waals surface area contributed by atoms with E-state index < -0.39 is 0 Å². The minimum atomic E-state index is 0.0199. The molecule has 0 aromatic carbocycles. The predicted molar refractivity (Wildman–Crippen MR) is 41.8 cm³/mol. The van der Waals surface area contributed by atoms with Crippen molar-refractivity contribution < 1.29 is 9.63 Å². The lowest BCUT2D eigenvalue weighted by Crippen LogP contribution is -2.12. The highest BCUT2D eigenvalue weighted by molar-refractivity contribution is 5.76. The Bertz CT molecular complexity index is 136. The molecule has 11 heavy (non-hydrogen) atoms. The maximum atomic E-state index is 10.7. The molecule has 1 amide bonds. The number of rotatable bonds is 4. The first-order valence-electron chi connectivity index (χ1n) is 4.27. The van der Waals surface area contributed by atoms with E-state index in [0.717, 1.165) is 12.8 Å². The third-order valence-electron chi connectivity index (χ3n) is 1.88. The lowest BCUT2D eigenvalue weighted by molar-refractivity contribution is -0.124. The molecule has 1 saturated heterocycles. The summed E-state index contributed by atoms with van der Waals surface area (Å²) in [5.74, 6) is 0.0199. The van der Waals surface area contributed by atoms with E-state index in [1.54, 1.807) is 0 Å². The van der Waals surface area contributed by atoms with E-state index in [0.29, 0.717) is 6.42 Å². The smallest absolute Gasteiger partial charge is 0.246 e. The van der Waals surface area contributed by atoms with Gasteiger partial charge in [-0.3, -0.25) is 9.63 Å². The highest BCUT2D eigenvalue weighted by atomic mass is 16.7. The van der Waals surface area contributed by atoms with Crippen LogP contribution in [-0.4, -0.2) is 12.0 Å². The van der Waals surface area contributed by atoms with Gasteiger partial charge in [-0.1, -0.05) is 26.2 Å². The van der Waals surface area contributed by atoms with Gasteiger partial charge in [0.1, 0.15) is 0 Å². The number of hydrogen-bond donors (Lipinski definition) is 1. The number of hydrogen-bond acceptors (Lipinski definition) is 2. The van der Waals surface area contributed by atoms with Crippen molar-refractivity contribution in [3.05, 3.63) is 0 Å². The van der Waals surface area contributed by atoms with E-state index >= 15 is 0 Å². The van der Waals surface area contributed by atoms with Crippen LogP contribution in [0.25, 0.3) is 0 Å². The lowest BCUT2D eigenvalue weighted by Gasteiger charge is -2.04. The fourth-order valence-corrected chi connectivity index (χ4v) is 1.22. The van der Waals surface area contributed by atoms with Gasteiger partial charge in [-0.2, -0.15) is 0 Å². The van der Waals surface area contributed by atoms with Gasteiger partial charge < -0.3 is 0 Å². The van der Waals surface area contributed by atoms with E-state index in [1.807, 2.05) is 0 Å². The van der Waals surface area contributed by atoms with Crippen molar-refractivity contribution >= 4 is 5.91 Å². The fourth-order valence-electron chi connectivity index (χ4n) is 1.22. The number of carbonyl (C=O) groups excluding carboxylic acids is 1. The Hall–Kier alpha value is -0.570. The van der Waals surface area contributed by atoms with Gasteiger partial charge in [0.2, 0.25) is 5.91 Å². The molecule has 3 heteroatoms. The van der Waals surface area contributed by atoms with Crippen LogP contribution in [0.15, 0.2) is 0 Å². The second-order valence-corrected chi connectivity index (χ2v) is 2.97. The van der Waals surface area contributed by atoms with Gasteiger partial charge in [-0.05, 0) is 6.42 Å². The molecule has 64 valence electrons. The topological polar surface area (TPSA) is 38.3 Å². The summed E-state index contributed by atoms with van der Waals surface area (Å²) < 4.78 is 0. The maximum absolute atomic E-state index is 10.7. The molecule has 1 unspecified atom stereocenters. The van der Waals surface area contributed by atoms with Gasteiger partial charge in [-0.25, -0.2) is 5.48 Å². The zero-order valence-electron chi connectivity index (χ0n) is 6.93. The van der Waals surface area contributed by atoms with Crippen molar-refractivity contribution in [3.8, 4) is 0 Å². The molecule has 1 aliphatic rings. The van der Waals surface area contributed by atoms with Crippen LogP contribution in [0.3, 0.4) is 0 Å². The minimum Gasteiger partial charge on any atom is -0.273 e. The molecule has 0 aliphatic carbocycles. The summed E-state index contributed by atoms with van der Waals surface area (Å²) in [6, 6.07) is 0. The van der Waals surface area contributed by atoms with Crippen molar-refractivity contribution in [1.29, 1.82) is 0 Å². The average molecular weight is 157 g/mol. The van der Waals surface area contributed by atoms with E-state index in [2.05, 4.69) is 12.4 Å². The second kappa shape index (κ2) is 4.34. The van der Waals surface area contributed by atoms with Gasteiger partial charge in [-0.15, -0.1) is 0 Å². The first-order chi connectivity index (χ1) is 5.33. The van der Waals surface area contributed by atoms with Gasteiger partial charge in [0, 0.05) is 0 Å². The van der Waals surface area contributed by atoms with E-state index in [-0.39, 0.29) is 12.0 Å². The molecular formula is C8H15NO2. The Morgan fingerprint density at radius 3 is 3.00 bits per heavy atom. The van der Waals surface area contributed by atoms with Gasteiger partial charge in [0.15, 0.2) is 0 Å². The zero-order chi connectivity index (χ0) is 8.10. The van der Waals surface area contributed by atoms with Crippen LogP contribution in [0.2, 0.25) is 0 Å². The summed E-state index contributed by atoms with van der Waals surface area (Å²) >= 11 is 0. The standard InChI is InChI=1S/C8H15NO2/c1-2-3-4-5-7-6-8(10)9-11-7/h7H,2-6H2,1H3,(H,9,10). The quantitative estimate of drug-likeness (QED) is 0.626. The molecule has 0 spiro atoms. The number of amides is 1.